The molecule has 182 valence electrons. The minimum Gasteiger partial charge on any atom is -0.393 e. The first-order valence-electron chi connectivity index (χ1n) is 12.5. The number of carbonyl (C=O) groups is 2. The Balaban J connectivity index is 1.34. The molecule has 5 rings (SSSR count). The number of hydrogen-bond acceptors (Lipinski definition) is 7. The number of hydroxylamine groups is 1. The SMILES string of the molecule is CC12CCC(=O)C=C1CCC1C2[C@@H](O)CC2(C)C1CC[C@]2(O)C(=O)CONC1=CCOCC1. The third-order valence-electron chi connectivity index (χ3n) is 9.88. The van der Waals surface area contributed by atoms with Crippen LogP contribution in [0.2, 0.25) is 0 Å². The molecule has 3 saturated carbocycles. The molecule has 0 spiro atoms. The number of aliphatic hydroxyl groups is 2. The van der Waals surface area contributed by atoms with Gasteiger partial charge in [0.1, 0.15) is 12.2 Å². The standard InChI is InChI=1S/C26H37NO6/c1-24-9-5-18(28)13-16(24)3-4-19-20-6-10-26(31,25(20,2)14-21(29)23(19)24)22(30)15-33-27-17-7-11-32-12-8-17/h7,13,19-21,23,27,29,31H,3-6,8-12,14-15H2,1-2H3/t19?,20?,21-,23?,24?,25?,26-/m0/s1. The quantitative estimate of drug-likeness (QED) is 0.543. The number of Topliss-reactive ketones (excluding diaryl/α,β-unsaturated/α-hetero) is 1. The maximum Gasteiger partial charge on any atom is 0.193 e. The third-order valence-corrected chi connectivity index (χ3v) is 9.88. The molecule has 0 amide bonds. The Morgan fingerprint density at radius 2 is 2.06 bits per heavy atom. The highest BCUT2D eigenvalue weighted by Gasteiger charge is 2.68. The van der Waals surface area contributed by atoms with E-state index in [1.54, 1.807) is 0 Å². The van der Waals surface area contributed by atoms with Gasteiger partial charge in [0.25, 0.3) is 0 Å². The number of rotatable bonds is 5. The van der Waals surface area contributed by atoms with Gasteiger partial charge in [-0.2, -0.15) is 0 Å². The van der Waals surface area contributed by atoms with E-state index in [0.717, 1.165) is 31.4 Å². The molecule has 0 bridgehead atoms. The van der Waals surface area contributed by atoms with Gasteiger partial charge in [0.15, 0.2) is 11.6 Å². The molecular weight excluding hydrogens is 422 g/mol. The van der Waals surface area contributed by atoms with E-state index < -0.39 is 17.1 Å². The average Bonchev–Trinajstić information content (AvgIpc) is 3.06. The summed E-state index contributed by atoms with van der Waals surface area (Å²) >= 11 is 0. The molecule has 33 heavy (non-hydrogen) atoms. The van der Waals surface area contributed by atoms with Crippen LogP contribution in [0.5, 0.6) is 0 Å². The van der Waals surface area contributed by atoms with Crippen molar-refractivity contribution in [2.75, 3.05) is 19.8 Å². The molecule has 0 saturated heterocycles. The maximum atomic E-state index is 13.3. The summed E-state index contributed by atoms with van der Waals surface area (Å²) in [6, 6.07) is 0. The van der Waals surface area contributed by atoms with Crippen molar-refractivity contribution in [3.05, 3.63) is 23.4 Å². The van der Waals surface area contributed by atoms with E-state index in [2.05, 4.69) is 12.4 Å². The lowest BCUT2D eigenvalue weighted by atomic mass is 9.45. The number of carbonyl (C=O) groups excluding carboxylic acids is 2. The smallest absolute Gasteiger partial charge is 0.193 e. The van der Waals surface area contributed by atoms with E-state index in [4.69, 9.17) is 9.57 Å². The van der Waals surface area contributed by atoms with Crippen molar-refractivity contribution in [1.82, 2.24) is 5.48 Å². The van der Waals surface area contributed by atoms with Crippen molar-refractivity contribution in [1.29, 1.82) is 0 Å². The highest BCUT2D eigenvalue weighted by atomic mass is 16.6. The predicted octanol–water partition coefficient (Wildman–Crippen LogP) is 2.61. The second-order valence-corrected chi connectivity index (χ2v) is 11.3. The molecule has 0 aromatic heterocycles. The van der Waals surface area contributed by atoms with Crippen molar-refractivity contribution in [3.63, 3.8) is 0 Å². The highest BCUT2D eigenvalue weighted by Crippen LogP contribution is 2.67. The lowest BCUT2D eigenvalue weighted by molar-refractivity contribution is -0.184. The van der Waals surface area contributed by atoms with Crippen molar-refractivity contribution in [3.8, 4) is 0 Å². The summed E-state index contributed by atoms with van der Waals surface area (Å²) in [5, 5.41) is 23.2. The van der Waals surface area contributed by atoms with Gasteiger partial charge < -0.3 is 14.9 Å². The normalized spacial score (nSPS) is 44.8. The number of allylic oxidation sites excluding steroid dienone is 1. The zero-order valence-electron chi connectivity index (χ0n) is 19.8. The number of hydrogen-bond donors (Lipinski definition) is 3. The second kappa shape index (κ2) is 8.29. The van der Waals surface area contributed by atoms with E-state index >= 15 is 0 Å². The lowest BCUT2D eigenvalue weighted by Crippen LogP contribution is -2.62. The van der Waals surface area contributed by atoms with Gasteiger partial charge in [-0.05, 0) is 73.8 Å². The Morgan fingerprint density at radius 1 is 1.24 bits per heavy atom. The van der Waals surface area contributed by atoms with Crippen LogP contribution >= 0.6 is 0 Å². The highest BCUT2D eigenvalue weighted by molar-refractivity contribution is 5.92. The van der Waals surface area contributed by atoms with E-state index in [1.165, 1.54) is 5.57 Å². The van der Waals surface area contributed by atoms with Gasteiger partial charge >= 0.3 is 0 Å². The zero-order chi connectivity index (χ0) is 23.4. The summed E-state index contributed by atoms with van der Waals surface area (Å²) in [6.07, 6.45) is 8.46. The molecule has 3 N–H and O–H groups in total. The van der Waals surface area contributed by atoms with E-state index in [1.807, 2.05) is 19.1 Å². The predicted molar refractivity (Wildman–Crippen MR) is 121 cm³/mol. The third kappa shape index (κ3) is 3.54. The molecule has 0 aromatic rings. The molecule has 1 aliphatic heterocycles. The Labute approximate surface area is 195 Å². The van der Waals surface area contributed by atoms with Gasteiger partial charge in [0.05, 0.1) is 19.3 Å². The van der Waals surface area contributed by atoms with Crippen LogP contribution < -0.4 is 5.48 Å². The molecule has 7 nitrogen and oxygen atoms in total. The minimum atomic E-state index is -1.51. The van der Waals surface area contributed by atoms with E-state index in [9.17, 15) is 19.8 Å². The molecule has 7 atom stereocenters. The van der Waals surface area contributed by atoms with Crippen molar-refractivity contribution in [2.24, 2.45) is 28.6 Å². The van der Waals surface area contributed by atoms with Crippen LogP contribution in [0.4, 0.5) is 0 Å². The largest absolute Gasteiger partial charge is 0.393 e. The first-order chi connectivity index (χ1) is 15.7. The molecule has 5 aliphatic rings. The van der Waals surface area contributed by atoms with E-state index in [0.29, 0.717) is 38.9 Å². The fourth-order valence-electron chi connectivity index (χ4n) is 8.08. The van der Waals surface area contributed by atoms with Gasteiger partial charge in [-0.25, -0.2) is 0 Å². The summed E-state index contributed by atoms with van der Waals surface area (Å²) in [7, 11) is 0. The lowest BCUT2D eigenvalue weighted by Gasteiger charge is -2.60. The van der Waals surface area contributed by atoms with E-state index in [-0.39, 0.29) is 41.3 Å². The van der Waals surface area contributed by atoms with Gasteiger partial charge in [0.2, 0.25) is 0 Å². The van der Waals surface area contributed by atoms with Crippen LogP contribution in [0.15, 0.2) is 23.4 Å². The van der Waals surface area contributed by atoms with Crippen LogP contribution in [0.3, 0.4) is 0 Å². The molecular formula is C26H37NO6. The Morgan fingerprint density at radius 3 is 2.82 bits per heavy atom. The van der Waals surface area contributed by atoms with Crippen LogP contribution in [0.25, 0.3) is 0 Å². The summed E-state index contributed by atoms with van der Waals surface area (Å²) in [5.41, 5.74) is 2.55. The fourth-order valence-corrected chi connectivity index (χ4v) is 8.08. The molecule has 7 heteroatoms. The first-order valence-corrected chi connectivity index (χ1v) is 12.5. The molecule has 0 aromatic carbocycles. The maximum absolute atomic E-state index is 13.3. The second-order valence-electron chi connectivity index (χ2n) is 11.3. The number of aliphatic hydroxyl groups excluding tert-OH is 1. The molecule has 0 radical (unpaired) electrons. The number of ketones is 2. The van der Waals surface area contributed by atoms with Gasteiger partial charge in [-0.15, -0.1) is 0 Å². The van der Waals surface area contributed by atoms with Gasteiger partial charge in [0, 0.05) is 24.0 Å². The molecule has 1 heterocycles. The molecule has 4 aliphatic carbocycles. The van der Waals surface area contributed by atoms with Crippen LogP contribution in [0.1, 0.15) is 65.2 Å². The summed E-state index contributed by atoms with van der Waals surface area (Å²) in [5.74, 6) is 0.357. The Kier molecular flexibility index (Phi) is 5.83. The van der Waals surface area contributed by atoms with Crippen LogP contribution in [0, 0.1) is 28.6 Å². The van der Waals surface area contributed by atoms with Crippen molar-refractivity contribution < 1.29 is 29.4 Å². The summed E-state index contributed by atoms with van der Waals surface area (Å²) in [4.78, 5) is 30.8. The monoisotopic (exact) mass is 459 g/mol. The Hall–Kier alpha value is -1.54. The molecule has 5 unspecified atom stereocenters. The number of nitrogens with one attached hydrogen (secondary N) is 1. The minimum absolute atomic E-state index is 0.0690. The molecule has 3 fully saturated rings. The Bertz CT molecular complexity index is 897. The summed E-state index contributed by atoms with van der Waals surface area (Å²) < 4.78 is 5.27. The summed E-state index contributed by atoms with van der Waals surface area (Å²) in [6.45, 7) is 5.13. The van der Waals surface area contributed by atoms with Crippen LogP contribution in [-0.4, -0.2) is 53.3 Å². The topological polar surface area (TPSA) is 105 Å². The fraction of sp³-hybridized carbons (Fsp3) is 0.769. The van der Waals surface area contributed by atoms with Gasteiger partial charge in [-0.1, -0.05) is 19.4 Å². The average molecular weight is 460 g/mol. The zero-order valence-corrected chi connectivity index (χ0v) is 19.8. The van der Waals surface area contributed by atoms with Gasteiger partial charge in [-0.3, -0.25) is 19.9 Å². The number of ether oxygens (including phenoxy) is 1. The van der Waals surface area contributed by atoms with Crippen molar-refractivity contribution in [2.45, 2.75) is 76.9 Å². The van der Waals surface area contributed by atoms with Crippen molar-refractivity contribution >= 4 is 11.6 Å². The van der Waals surface area contributed by atoms with Crippen LogP contribution in [-0.2, 0) is 19.2 Å². The first kappa shape index (κ1) is 23.2. The number of fused-ring (bicyclic) bond motifs is 5.